The molecule has 1 aromatic rings. The van der Waals surface area contributed by atoms with Crippen LogP contribution in [0.2, 0.25) is 0 Å². The van der Waals surface area contributed by atoms with Crippen LogP contribution in [0.25, 0.3) is 0 Å². The number of aryl methyl sites for hydroxylation is 1. The fourth-order valence-electron chi connectivity index (χ4n) is 2.45. The minimum atomic E-state index is -3.73. The molecule has 0 fully saturated rings. The summed E-state index contributed by atoms with van der Waals surface area (Å²) >= 11 is 3.41. The molecule has 2 rings (SSSR count). The van der Waals surface area contributed by atoms with E-state index in [-0.39, 0.29) is 17.5 Å². The number of sulfonamides is 1. The third kappa shape index (κ3) is 3.36. The van der Waals surface area contributed by atoms with Gasteiger partial charge in [0.2, 0.25) is 10.0 Å². The molecule has 0 amide bonds. The van der Waals surface area contributed by atoms with Gasteiger partial charge in [-0.3, -0.25) is 0 Å². The lowest BCUT2D eigenvalue weighted by Gasteiger charge is -2.23. The summed E-state index contributed by atoms with van der Waals surface area (Å²) < 4.78 is 40.4. The molecular weight excluding hydrogens is 371 g/mol. The van der Waals surface area contributed by atoms with E-state index in [1.807, 2.05) is 13.8 Å². The average molecular weight is 391 g/mol. The monoisotopic (exact) mass is 390 g/mol. The zero-order valence-corrected chi connectivity index (χ0v) is 15.2. The van der Waals surface area contributed by atoms with Gasteiger partial charge in [0.25, 0.3) is 0 Å². The molecule has 0 aliphatic carbocycles. The number of benzene rings is 1. The van der Waals surface area contributed by atoms with E-state index in [2.05, 4.69) is 21.2 Å². The van der Waals surface area contributed by atoms with Gasteiger partial charge in [0.15, 0.2) is 0 Å². The molecule has 0 aromatic heterocycles. The fourth-order valence-corrected chi connectivity index (χ4v) is 4.81. The van der Waals surface area contributed by atoms with Gasteiger partial charge in [-0.2, -0.15) is 4.31 Å². The van der Waals surface area contributed by atoms with Gasteiger partial charge in [0.1, 0.15) is 6.67 Å². The highest BCUT2D eigenvalue weighted by atomic mass is 79.9. The minimum Gasteiger partial charge on any atom is -0.382 e. The van der Waals surface area contributed by atoms with Crippen molar-refractivity contribution in [2.24, 2.45) is 0 Å². The number of alkyl halides is 1. The second-order valence-corrected chi connectivity index (χ2v) is 8.33. The van der Waals surface area contributed by atoms with Crippen LogP contribution in [0.4, 0.5) is 10.1 Å². The highest BCUT2D eigenvalue weighted by molar-refractivity contribution is 9.10. The van der Waals surface area contributed by atoms with Crippen molar-refractivity contribution in [2.45, 2.75) is 37.8 Å². The lowest BCUT2D eigenvalue weighted by molar-refractivity contribution is 0.334. The van der Waals surface area contributed by atoms with E-state index in [0.717, 1.165) is 5.69 Å². The first-order valence-electron chi connectivity index (χ1n) is 7.08. The van der Waals surface area contributed by atoms with Crippen molar-refractivity contribution < 1.29 is 12.8 Å². The van der Waals surface area contributed by atoms with Crippen molar-refractivity contribution in [2.75, 3.05) is 18.5 Å². The number of rotatable bonds is 5. The smallest absolute Gasteiger partial charge is 0.244 e. The topological polar surface area (TPSA) is 49.4 Å². The van der Waals surface area contributed by atoms with Crippen molar-refractivity contribution in [1.82, 2.24) is 4.31 Å². The molecule has 7 heteroatoms. The molecule has 1 aliphatic heterocycles. The molecule has 0 radical (unpaired) electrons. The molecule has 22 heavy (non-hydrogen) atoms. The lowest BCUT2D eigenvalue weighted by Crippen LogP contribution is -2.37. The van der Waals surface area contributed by atoms with E-state index in [1.165, 1.54) is 4.31 Å². The highest BCUT2D eigenvalue weighted by Gasteiger charge is 2.33. The summed E-state index contributed by atoms with van der Waals surface area (Å²) in [6.45, 7) is 5.25. The number of nitrogens with zero attached hydrogens (tertiary/aromatic N) is 1. The highest BCUT2D eigenvalue weighted by Crippen LogP contribution is 2.32. The van der Waals surface area contributed by atoms with Crippen LogP contribution in [0.5, 0.6) is 0 Å². The van der Waals surface area contributed by atoms with Gasteiger partial charge >= 0.3 is 0 Å². The molecule has 4 nitrogen and oxygen atoms in total. The van der Waals surface area contributed by atoms with Gasteiger partial charge in [-0.1, -0.05) is 12.2 Å². The molecule has 122 valence electrons. The van der Waals surface area contributed by atoms with E-state index in [0.29, 0.717) is 10.0 Å². The summed E-state index contributed by atoms with van der Waals surface area (Å²) in [7, 11) is -3.73. The van der Waals surface area contributed by atoms with Gasteiger partial charge in [0, 0.05) is 22.7 Å². The largest absolute Gasteiger partial charge is 0.382 e. The maximum atomic E-state index is 13.0. The Morgan fingerprint density at radius 1 is 1.45 bits per heavy atom. The third-order valence-corrected chi connectivity index (χ3v) is 6.16. The Balaban J connectivity index is 2.42. The SMILES string of the molecule is Cc1cc(NC(C)C)c(Br)cc1S(=O)(=O)N1CC=CC1CF. The van der Waals surface area contributed by atoms with Gasteiger partial charge in [-0.15, -0.1) is 0 Å². The number of hydrogen-bond donors (Lipinski definition) is 1. The summed E-state index contributed by atoms with van der Waals surface area (Å²) in [6.07, 6.45) is 3.28. The van der Waals surface area contributed by atoms with Gasteiger partial charge < -0.3 is 5.32 Å². The van der Waals surface area contributed by atoms with Crippen molar-refractivity contribution in [1.29, 1.82) is 0 Å². The maximum Gasteiger partial charge on any atom is 0.244 e. The first-order valence-corrected chi connectivity index (χ1v) is 9.32. The van der Waals surface area contributed by atoms with Crippen molar-refractivity contribution in [3.63, 3.8) is 0 Å². The van der Waals surface area contributed by atoms with E-state index in [1.54, 1.807) is 31.2 Å². The predicted molar refractivity (Wildman–Crippen MR) is 90.4 cm³/mol. The summed E-state index contributed by atoms with van der Waals surface area (Å²) in [4.78, 5) is 0.204. The predicted octanol–water partition coefficient (Wildman–Crippen LogP) is 3.48. The van der Waals surface area contributed by atoms with E-state index in [4.69, 9.17) is 0 Å². The van der Waals surface area contributed by atoms with Crippen molar-refractivity contribution >= 4 is 31.6 Å². The first kappa shape index (κ1) is 17.4. The minimum absolute atomic E-state index is 0.204. The molecule has 1 aliphatic rings. The van der Waals surface area contributed by atoms with Crippen LogP contribution >= 0.6 is 15.9 Å². The zero-order valence-electron chi connectivity index (χ0n) is 12.8. The van der Waals surface area contributed by atoms with Crippen molar-refractivity contribution in [3.05, 3.63) is 34.3 Å². The molecular formula is C15H20BrFN2O2S. The Hall–Kier alpha value is -0.920. The number of halogens is 2. The molecule has 1 N–H and O–H groups in total. The zero-order chi connectivity index (χ0) is 16.5. The molecule has 1 atom stereocenters. The summed E-state index contributed by atoms with van der Waals surface area (Å²) in [6, 6.07) is 2.90. The third-order valence-electron chi connectivity index (χ3n) is 3.47. The van der Waals surface area contributed by atoms with E-state index < -0.39 is 22.7 Å². The van der Waals surface area contributed by atoms with E-state index >= 15 is 0 Å². The Kier molecular flexibility index (Phi) is 5.29. The Morgan fingerprint density at radius 3 is 2.73 bits per heavy atom. The van der Waals surface area contributed by atoms with Crippen LogP contribution in [0.1, 0.15) is 19.4 Å². The van der Waals surface area contributed by atoms with Crippen LogP contribution in [-0.2, 0) is 10.0 Å². The van der Waals surface area contributed by atoms with Crippen LogP contribution in [0, 0.1) is 6.92 Å². The second-order valence-electron chi connectivity index (χ2n) is 5.62. The molecule has 0 saturated carbocycles. The average Bonchev–Trinajstić information content (AvgIpc) is 2.91. The van der Waals surface area contributed by atoms with Crippen LogP contribution < -0.4 is 5.32 Å². The Morgan fingerprint density at radius 2 is 2.14 bits per heavy atom. The molecule has 1 aromatic carbocycles. The molecule has 1 unspecified atom stereocenters. The normalized spacial score (nSPS) is 19.1. The van der Waals surface area contributed by atoms with Crippen LogP contribution in [0.15, 0.2) is 33.7 Å². The summed E-state index contributed by atoms with van der Waals surface area (Å²) in [5, 5.41) is 3.25. The Bertz CT molecular complexity index is 689. The maximum absolute atomic E-state index is 13.0. The first-order chi connectivity index (χ1) is 10.3. The molecule has 1 heterocycles. The lowest BCUT2D eigenvalue weighted by atomic mass is 10.2. The number of anilines is 1. The van der Waals surface area contributed by atoms with Gasteiger partial charge in [0.05, 0.1) is 10.9 Å². The number of nitrogens with one attached hydrogen (secondary N) is 1. The van der Waals surface area contributed by atoms with Crippen molar-refractivity contribution in [3.8, 4) is 0 Å². The number of hydrogen-bond acceptors (Lipinski definition) is 3. The fraction of sp³-hybridized carbons (Fsp3) is 0.467. The summed E-state index contributed by atoms with van der Waals surface area (Å²) in [5.41, 5.74) is 1.48. The Labute approximate surface area is 139 Å². The molecule has 0 bridgehead atoms. The molecule has 0 spiro atoms. The van der Waals surface area contributed by atoms with Gasteiger partial charge in [-0.05, 0) is 54.4 Å². The standard InChI is InChI=1S/C15H20BrFN2O2S/c1-10(2)18-14-7-11(3)15(8-13(14)16)22(20,21)19-6-4-5-12(19)9-17/h4-5,7-8,10,12,18H,6,9H2,1-3H3. The van der Waals surface area contributed by atoms with Crippen LogP contribution in [-0.4, -0.2) is 38.0 Å². The quantitative estimate of drug-likeness (QED) is 0.782. The van der Waals surface area contributed by atoms with Crippen LogP contribution in [0.3, 0.4) is 0 Å². The second kappa shape index (κ2) is 6.68. The van der Waals surface area contributed by atoms with E-state index in [9.17, 15) is 12.8 Å². The van der Waals surface area contributed by atoms with Gasteiger partial charge in [-0.25, -0.2) is 12.8 Å². The molecule has 0 saturated heterocycles. The summed E-state index contributed by atoms with van der Waals surface area (Å²) in [5.74, 6) is 0.